The second-order valence-corrected chi connectivity index (χ2v) is 3.90. The fourth-order valence-electron chi connectivity index (χ4n) is 1.67. The number of nitriles is 1. The molecule has 0 aromatic heterocycles. The maximum absolute atomic E-state index is 13.2. The zero-order valence-corrected chi connectivity index (χ0v) is 9.97. The highest BCUT2D eigenvalue weighted by atomic mass is 19.1. The molecule has 2 rings (SSSR count). The summed E-state index contributed by atoms with van der Waals surface area (Å²) in [5, 5.41) is 8.75. The van der Waals surface area contributed by atoms with Crippen LogP contribution in [0.3, 0.4) is 0 Å². The van der Waals surface area contributed by atoms with Crippen LogP contribution >= 0.6 is 0 Å². The molecule has 2 aromatic carbocycles. The van der Waals surface area contributed by atoms with Crippen LogP contribution in [0, 0.1) is 17.1 Å². The zero-order chi connectivity index (χ0) is 13.7. The van der Waals surface area contributed by atoms with Gasteiger partial charge >= 0.3 is 0 Å². The molecule has 19 heavy (non-hydrogen) atoms. The van der Waals surface area contributed by atoms with Crippen molar-refractivity contribution in [2.45, 2.75) is 6.61 Å². The van der Waals surface area contributed by atoms with Gasteiger partial charge in [-0.1, -0.05) is 12.1 Å². The fraction of sp³-hybridized carbons (Fsp3) is 0.0667. The Kier molecular flexibility index (Phi) is 3.89. The second kappa shape index (κ2) is 5.78. The van der Waals surface area contributed by atoms with Gasteiger partial charge in [-0.3, -0.25) is 4.79 Å². The molecule has 0 unspecified atom stereocenters. The summed E-state index contributed by atoms with van der Waals surface area (Å²) in [6, 6.07) is 12.6. The summed E-state index contributed by atoms with van der Waals surface area (Å²) in [4.78, 5) is 10.8. The Labute approximate surface area is 109 Å². The number of rotatable bonds is 4. The van der Waals surface area contributed by atoms with Crippen LogP contribution in [0.4, 0.5) is 4.39 Å². The number of hydrogen-bond donors (Lipinski definition) is 0. The molecule has 0 radical (unpaired) electrons. The number of benzene rings is 2. The largest absolute Gasteiger partial charge is 0.488 e. The van der Waals surface area contributed by atoms with Crippen molar-refractivity contribution in [3.63, 3.8) is 0 Å². The predicted molar refractivity (Wildman–Crippen MR) is 67.3 cm³/mol. The number of carbonyl (C=O) groups is 1. The van der Waals surface area contributed by atoms with Crippen molar-refractivity contribution in [3.8, 4) is 11.8 Å². The van der Waals surface area contributed by atoms with Crippen molar-refractivity contribution >= 4 is 6.29 Å². The van der Waals surface area contributed by atoms with E-state index >= 15 is 0 Å². The van der Waals surface area contributed by atoms with Gasteiger partial charge in [-0.15, -0.1) is 0 Å². The first-order chi connectivity index (χ1) is 9.22. The maximum Gasteiger partial charge on any atom is 0.153 e. The minimum atomic E-state index is -0.485. The Balaban J connectivity index is 2.17. The van der Waals surface area contributed by atoms with Gasteiger partial charge < -0.3 is 4.74 Å². The normalized spacial score (nSPS) is 9.68. The van der Waals surface area contributed by atoms with Gasteiger partial charge in [0.05, 0.1) is 17.2 Å². The van der Waals surface area contributed by atoms with Crippen molar-refractivity contribution in [1.29, 1.82) is 5.26 Å². The maximum atomic E-state index is 13.2. The standard InChI is InChI=1S/C15H10FNO2/c16-14-6-11(8-17)5-12(7-14)10-19-15-4-2-1-3-13(15)9-18/h1-7,9H,10H2. The quantitative estimate of drug-likeness (QED) is 0.789. The molecule has 0 N–H and O–H groups in total. The molecular weight excluding hydrogens is 245 g/mol. The highest BCUT2D eigenvalue weighted by molar-refractivity contribution is 5.79. The molecule has 0 saturated heterocycles. The molecular formula is C15H10FNO2. The van der Waals surface area contributed by atoms with E-state index in [1.807, 2.05) is 6.07 Å². The summed E-state index contributed by atoms with van der Waals surface area (Å²) in [7, 11) is 0. The third-order valence-electron chi connectivity index (χ3n) is 2.53. The van der Waals surface area contributed by atoms with E-state index in [9.17, 15) is 9.18 Å². The fourth-order valence-corrected chi connectivity index (χ4v) is 1.67. The lowest BCUT2D eigenvalue weighted by molar-refractivity contribution is 0.111. The molecule has 0 aliphatic rings. The number of nitrogens with zero attached hydrogens (tertiary/aromatic N) is 1. The van der Waals surface area contributed by atoms with Crippen LogP contribution in [0.15, 0.2) is 42.5 Å². The van der Waals surface area contributed by atoms with Crippen LogP contribution in [0.5, 0.6) is 5.75 Å². The highest BCUT2D eigenvalue weighted by Gasteiger charge is 2.04. The van der Waals surface area contributed by atoms with E-state index in [1.165, 1.54) is 6.07 Å². The summed E-state index contributed by atoms with van der Waals surface area (Å²) in [6.45, 7) is 0.0945. The first-order valence-electron chi connectivity index (χ1n) is 5.59. The van der Waals surface area contributed by atoms with Gasteiger partial charge in [0.25, 0.3) is 0 Å². The molecule has 0 heterocycles. The monoisotopic (exact) mass is 255 g/mol. The second-order valence-electron chi connectivity index (χ2n) is 3.90. The van der Waals surface area contributed by atoms with Crippen molar-refractivity contribution < 1.29 is 13.9 Å². The number of para-hydroxylation sites is 1. The number of hydrogen-bond acceptors (Lipinski definition) is 3. The van der Waals surface area contributed by atoms with E-state index in [0.717, 1.165) is 6.07 Å². The molecule has 0 bridgehead atoms. The summed E-state index contributed by atoms with van der Waals surface area (Å²) >= 11 is 0. The average molecular weight is 255 g/mol. The minimum Gasteiger partial charge on any atom is -0.488 e. The van der Waals surface area contributed by atoms with Crippen LogP contribution < -0.4 is 4.74 Å². The highest BCUT2D eigenvalue weighted by Crippen LogP contribution is 2.18. The van der Waals surface area contributed by atoms with Crippen molar-refractivity contribution in [3.05, 3.63) is 65.0 Å². The molecule has 0 aliphatic heterocycles. The Morgan fingerprint density at radius 2 is 2.05 bits per heavy atom. The van der Waals surface area contributed by atoms with Gasteiger partial charge in [0.2, 0.25) is 0 Å². The van der Waals surface area contributed by atoms with E-state index in [4.69, 9.17) is 10.00 Å². The SMILES string of the molecule is N#Cc1cc(F)cc(COc2ccccc2C=O)c1. The summed E-state index contributed by atoms with van der Waals surface area (Å²) in [5.74, 6) is -0.0541. The Hall–Kier alpha value is -2.67. The average Bonchev–Trinajstić information content (AvgIpc) is 2.44. The summed E-state index contributed by atoms with van der Waals surface area (Å²) in [6.07, 6.45) is 0.696. The van der Waals surface area contributed by atoms with Gasteiger partial charge in [-0.05, 0) is 35.9 Å². The molecule has 4 heteroatoms. The molecule has 0 aliphatic carbocycles. The first-order valence-corrected chi connectivity index (χ1v) is 5.59. The molecule has 3 nitrogen and oxygen atoms in total. The molecule has 94 valence electrons. The number of aldehydes is 1. The van der Waals surface area contributed by atoms with Gasteiger partial charge in [0.1, 0.15) is 18.2 Å². The van der Waals surface area contributed by atoms with Crippen molar-refractivity contribution in [1.82, 2.24) is 0 Å². The summed E-state index contributed by atoms with van der Waals surface area (Å²) < 4.78 is 18.7. The number of halogens is 1. The van der Waals surface area contributed by atoms with Gasteiger partial charge in [0.15, 0.2) is 6.29 Å². The van der Waals surface area contributed by atoms with E-state index in [1.54, 1.807) is 30.3 Å². The van der Waals surface area contributed by atoms with E-state index in [0.29, 0.717) is 23.2 Å². The van der Waals surface area contributed by atoms with Gasteiger partial charge in [-0.2, -0.15) is 5.26 Å². The van der Waals surface area contributed by atoms with Gasteiger partial charge in [-0.25, -0.2) is 4.39 Å². The first kappa shape index (κ1) is 12.8. The lowest BCUT2D eigenvalue weighted by Gasteiger charge is -2.08. The molecule has 2 aromatic rings. The Bertz CT molecular complexity index is 647. The molecule has 0 saturated carbocycles. The van der Waals surface area contributed by atoms with E-state index in [-0.39, 0.29) is 12.2 Å². The lowest BCUT2D eigenvalue weighted by atomic mass is 10.1. The van der Waals surface area contributed by atoms with Crippen LogP contribution in [-0.2, 0) is 6.61 Å². The third kappa shape index (κ3) is 3.17. The van der Waals surface area contributed by atoms with Crippen molar-refractivity contribution in [2.24, 2.45) is 0 Å². The van der Waals surface area contributed by atoms with Crippen LogP contribution in [0.25, 0.3) is 0 Å². The number of carbonyl (C=O) groups excluding carboxylic acids is 1. The number of ether oxygens (including phenoxy) is 1. The Morgan fingerprint density at radius 1 is 1.26 bits per heavy atom. The molecule has 0 atom stereocenters. The third-order valence-corrected chi connectivity index (χ3v) is 2.53. The molecule has 0 spiro atoms. The van der Waals surface area contributed by atoms with E-state index in [2.05, 4.69) is 0 Å². The topological polar surface area (TPSA) is 50.1 Å². The van der Waals surface area contributed by atoms with Crippen LogP contribution in [0.1, 0.15) is 21.5 Å². The Morgan fingerprint density at radius 3 is 2.79 bits per heavy atom. The van der Waals surface area contributed by atoms with Gasteiger partial charge in [0, 0.05) is 0 Å². The van der Waals surface area contributed by atoms with Crippen LogP contribution in [0.2, 0.25) is 0 Å². The minimum absolute atomic E-state index is 0.0945. The van der Waals surface area contributed by atoms with Crippen LogP contribution in [-0.4, -0.2) is 6.29 Å². The lowest BCUT2D eigenvalue weighted by Crippen LogP contribution is -1.99. The molecule has 0 amide bonds. The smallest absolute Gasteiger partial charge is 0.153 e. The predicted octanol–water partition coefficient (Wildman–Crippen LogP) is 3.09. The zero-order valence-electron chi connectivity index (χ0n) is 9.97. The molecule has 0 fully saturated rings. The van der Waals surface area contributed by atoms with Crippen molar-refractivity contribution in [2.75, 3.05) is 0 Å². The van der Waals surface area contributed by atoms with E-state index < -0.39 is 5.82 Å². The summed E-state index contributed by atoms with van der Waals surface area (Å²) in [5.41, 5.74) is 1.21.